The zero-order chi connectivity index (χ0) is 11.3. The van der Waals surface area contributed by atoms with E-state index in [4.69, 9.17) is 5.73 Å². The Morgan fingerprint density at radius 2 is 2.20 bits per heavy atom. The maximum Gasteiger partial charge on any atom is 0.246 e. The predicted octanol–water partition coefficient (Wildman–Crippen LogP) is 1.31. The minimum atomic E-state index is 0.0652. The van der Waals surface area contributed by atoms with Gasteiger partial charge in [-0.3, -0.25) is 4.79 Å². The van der Waals surface area contributed by atoms with Crippen LogP contribution in [0, 0.1) is 5.92 Å². The Morgan fingerprint density at radius 1 is 1.47 bits per heavy atom. The number of nitrogens with two attached hydrogens (primary N) is 1. The van der Waals surface area contributed by atoms with Crippen molar-refractivity contribution in [2.24, 2.45) is 11.7 Å². The lowest BCUT2D eigenvalue weighted by Gasteiger charge is -2.34. The molecule has 0 spiro atoms. The lowest BCUT2D eigenvalue weighted by atomic mass is 9.94. The molecule has 0 aliphatic carbocycles. The second kappa shape index (κ2) is 5.71. The van der Waals surface area contributed by atoms with Crippen molar-refractivity contribution < 1.29 is 4.79 Å². The van der Waals surface area contributed by atoms with Crippen LogP contribution < -0.4 is 5.73 Å². The van der Waals surface area contributed by atoms with E-state index in [1.54, 1.807) is 12.2 Å². The maximum atomic E-state index is 11.7. The highest BCUT2D eigenvalue weighted by Crippen LogP contribution is 2.15. The van der Waals surface area contributed by atoms with Crippen molar-refractivity contribution in [1.82, 2.24) is 4.90 Å². The Balaban J connectivity index is 2.47. The molecular weight excluding hydrogens is 188 g/mol. The summed E-state index contributed by atoms with van der Waals surface area (Å²) in [5.41, 5.74) is 5.93. The number of piperidine rings is 1. The van der Waals surface area contributed by atoms with Gasteiger partial charge in [0, 0.05) is 25.2 Å². The monoisotopic (exact) mass is 208 g/mol. The van der Waals surface area contributed by atoms with Crippen molar-refractivity contribution in [3.05, 3.63) is 24.3 Å². The molecule has 15 heavy (non-hydrogen) atoms. The molecule has 0 saturated carbocycles. The molecule has 3 heteroatoms. The topological polar surface area (TPSA) is 46.3 Å². The van der Waals surface area contributed by atoms with E-state index in [0.717, 1.165) is 13.0 Å². The van der Waals surface area contributed by atoms with Gasteiger partial charge in [0.1, 0.15) is 0 Å². The van der Waals surface area contributed by atoms with E-state index in [9.17, 15) is 4.79 Å². The molecule has 1 aliphatic heterocycles. The number of amides is 1. The molecule has 2 N–H and O–H groups in total. The van der Waals surface area contributed by atoms with E-state index >= 15 is 0 Å². The first-order chi connectivity index (χ1) is 7.15. The van der Waals surface area contributed by atoms with Crippen molar-refractivity contribution in [1.29, 1.82) is 0 Å². The van der Waals surface area contributed by atoms with Crippen LogP contribution in [0.2, 0.25) is 0 Å². The van der Waals surface area contributed by atoms with E-state index < -0.39 is 0 Å². The molecule has 1 fully saturated rings. The van der Waals surface area contributed by atoms with Gasteiger partial charge in [0.25, 0.3) is 0 Å². The highest BCUT2D eigenvalue weighted by Gasteiger charge is 2.24. The Labute approximate surface area is 91.6 Å². The van der Waals surface area contributed by atoms with E-state index in [2.05, 4.69) is 6.92 Å². The Hall–Kier alpha value is -1.09. The number of allylic oxidation sites excluding steroid dienone is 3. The van der Waals surface area contributed by atoms with Crippen LogP contribution >= 0.6 is 0 Å². The van der Waals surface area contributed by atoms with Gasteiger partial charge in [0.05, 0.1) is 0 Å². The quantitative estimate of drug-likeness (QED) is 0.549. The summed E-state index contributed by atoms with van der Waals surface area (Å²) >= 11 is 0. The third kappa shape index (κ3) is 3.51. The third-order valence-corrected chi connectivity index (χ3v) is 2.87. The van der Waals surface area contributed by atoms with E-state index in [0.29, 0.717) is 12.5 Å². The Morgan fingerprint density at radius 3 is 2.80 bits per heavy atom. The van der Waals surface area contributed by atoms with Gasteiger partial charge in [-0.2, -0.15) is 0 Å². The molecule has 84 valence electrons. The van der Waals surface area contributed by atoms with Crippen LogP contribution in [0.1, 0.15) is 20.3 Å². The van der Waals surface area contributed by atoms with E-state index in [-0.39, 0.29) is 11.9 Å². The van der Waals surface area contributed by atoms with Gasteiger partial charge in [-0.1, -0.05) is 25.2 Å². The molecule has 2 unspecified atom stereocenters. The summed E-state index contributed by atoms with van der Waals surface area (Å²) in [5.74, 6) is 0.587. The van der Waals surface area contributed by atoms with Crippen molar-refractivity contribution in [2.75, 3.05) is 13.1 Å². The zero-order valence-corrected chi connectivity index (χ0v) is 9.52. The zero-order valence-electron chi connectivity index (χ0n) is 9.52. The van der Waals surface area contributed by atoms with Crippen LogP contribution in [0.5, 0.6) is 0 Å². The molecule has 1 heterocycles. The van der Waals surface area contributed by atoms with Crippen molar-refractivity contribution in [3.63, 3.8) is 0 Å². The predicted molar refractivity (Wildman–Crippen MR) is 62.3 cm³/mol. The van der Waals surface area contributed by atoms with Crippen molar-refractivity contribution >= 4 is 5.91 Å². The highest BCUT2D eigenvalue weighted by atomic mass is 16.2. The smallest absolute Gasteiger partial charge is 0.246 e. The van der Waals surface area contributed by atoms with Gasteiger partial charge < -0.3 is 10.6 Å². The highest BCUT2D eigenvalue weighted by molar-refractivity contribution is 5.88. The van der Waals surface area contributed by atoms with Crippen LogP contribution in [-0.2, 0) is 4.79 Å². The lowest BCUT2D eigenvalue weighted by Crippen LogP contribution is -2.49. The first-order valence-electron chi connectivity index (χ1n) is 5.49. The number of carbonyl (C=O) groups excluding carboxylic acids is 1. The minimum Gasteiger partial charge on any atom is -0.338 e. The first-order valence-corrected chi connectivity index (χ1v) is 5.49. The van der Waals surface area contributed by atoms with Gasteiger partial charge in [-0.15, -0.1) is 0 Å². The summed E-state index contributed by atoms with van der Waals surface area (Å²) < 4.78 is 0. The van der Waals surface area contributed by atoms with Gasteiger partial charge in [0.15, 0.2) is 0 Å². The summed E-state index contributed by atoms with van der Waals surface area (Å²) in [6.45, 7) is 5.57. The second-order valence-electron chi connectivity index (χ2n) is 4.10. The summed E-state index contributed by atoms with van der Waals surface area (Å²) in [6, 6.07) is 0.123. The average Bonchev–Trinajstić information content (AvgIpc) is 2.22. The van der Waals surface area contributed by atoms with Crippen LogP contribution in [0.25, 0.3) is 0 Å². The molecule has 2 atom stereocenters. The van der Waals surface area contributed by atoms with Crippen LogP contribution in [0.3, 0.4) is 0 Å². The van der Waals surface area contributed by atoms with Crippen LogP contribution in [0.4, 0.5) is 0 Å². The standard InChI is InChI=1S/C12H20N2O/c1-3-4-5-6-12(15)14-8-7-10(2)11(13)9-14/h3-6,10-11H,7-9,13H2,1-2H3. The summed E-state index contributed by atoms with van der Waals surface area (Å²) in [4.78, 5) is 13.5. The summed E-state index contributed by atoms with van der Waals surface area (Å²) in [6.07, 6.45) is 8.12. The SMILES string of the molecule is CC=CC=CC(=O)N1CCC(C)C(N)C1. The number of nitrogens with zero attached hydrogens (tertiary/aromatic N) is 1. The average molecular weight is 208 g/mol. The minimum absolute atomic E-state index is 0.0652. The van der Waals surface area contributed by atoms with E-state index in [1.165, 1.54) is 0 Å². The molecule has 0 aromatic heterocycles. The summed E-state index contributed by atoms with van der Waals surface area (Å²) in [7, 11) is 0. The molecule has 3 nitrogen and oxygen atoms in total. The number of hydrogen-bond donors (Lipinski definition) is 1. The Kier molecular flexibility index (Phi) is 4.56. The molecule has 0 aromatic carbocycles. The number of rotatable bonds is 2. The largest absolute Gasteiger partial charge is 0.338 e. The van der Waals surface area contributed by atoms with Gasteiger partial charge >= 0.3 is 0 Å². The number of carbonyl (C=O) groups is 1. The maximum absolute atomic E-state index is 11.7. The molecule has 1 rings (SSSR count). The lowest BCUT2D eigenvalue weighted by molar-refractivity contribution is -0.127. The molecule has 0 radical (unpaired) electrons. The van der Waals surface area contributed by atoms with E-state index in [1.807, 2.05) is 24.0 Å². The fraction of sp³-hybridized carbons (Fsp3) is 0.583. The van der Waals surface area contributed by atoms with Crippen molar-refractivity contribution in [3.8, 4) is 0 Å². The number of hydrogen-bond acceptors (Lipinski definition) is 2. The third-order valence-electron chi connectivity index (χ3n) is 2.87. The fourth-order valence-corrected chi connectivity index (χ4v) is 1.65. The second-order valence-corrected chi connectivity index (χ2v) is 4.10. The fourth-order valence-electron chi connectivity index (χ4n) is 1.65. The molecule has 0 bridgehead atoms. The van der Waals surface area contributed by atoms with Crippen molar-refractivity contribution in [2.45, 2.75) is 26.3 Å². The molecule has 1 saturated heterocycles. The molecule has 1 aliphatic rings. The normalized spacial score (nSPS) is 27.8. The summed E-state index contributed by atoms with van der Waals surface area (Å²) in [5, 5.41) is 0. The van der Waals surface area contributed by atoms with Crippen LogP contribution in [-0.4, -0.2) is 29.9 Å². The molecule has 1 amide bonds. The first kappa shape index (κ1) is 12.0. The van der Waals surface area contributed by atoms with Gasteiger partial charge in [0.2, 0.25) is 5.91 Å². The molecular formula is C12H20N2O. The van der Waals surface area contributed by atoms with Gasteiger partial charge in [-0.05, 0) is 19.3 Å². The molecule has 0 aromatic rings. The Bertz CT molecular complexity index is 271. The van der Waals surface area contributed by atoms with Gasteiger partial charge in [-0.25, -0.2) is 0 Å². The number of likely N-dealkylation sites (tertiary alicyclic amines) is 1. The van der Waals surface area contributed by atoms with Crippen LogP contribution in [0.15, 0.2) is 24.3 Å².